The number of hydrogen-bond donors (Lipinski definition) is 1. The maximum absolute atomic E-state index is 4.20. The van der Waals surface area contributed by atoms with E-state index < -0.39 is 0 Å². The molecule has 92 valence electrons. The minimum Gasteiger partial charge on any atom is -0.369 e. The zero-order valence-corrected chi connectivity index (χ0v) is 10.2. The molecule has 1 unspecified atom stereocenters. The van der Waals surface area contributed by atoms with Crippen LogP contribution in [-0.4, -0.2) is 29.1 Å². The Morgan fingerprint density at radius 1 is 1.06 bits per heavy atom. The Hall–Kier alpha value is -2.10. The van der Waals surface area contributed by atoms with Gasteiger partial charge >= 0.3 is 0 Å². The van der Waals surface area contributed by atoms with Gasteiger partial charge in [-0.15, -0.1) is 0 Å². The van der Waals surface area contributed by atoms with Crippen LogP contribution in [0.5, 0.6) is 0 Å². The molecular weight excluding hydrogens is 224 g/mol. The summed E-state index contributed by atoms with van der Waals surface area (Å²) in [5.74, 6) is 0.720. The van der Waals surface area contributed by atoms with Crippen molar-refractivity contribution in [2.45, 2.75) is 12.5 Å². The number of anilines is 2. The predicted molar refractivity (Wildman–Crippen MR) is 72.7 cm³/mol. The first-order valence-corrected chi connectivity index (χ1v) is 6.25. The highest BCUT2D eigenvalue weighted by molar-refractivity contribution is 5.48. The Morgan fingerprint density at radius 3 is 2.61 bits per heavy atom. The lowest BCUT2D eigenvalue weighted by atomic mass is 10.3. The van der Waals surface area contributed by atoms with Crippen LogP contribution in [0.2, 0.25) is 0 Å². The summed E-state index contributed by atoms with van der Waals surface area (Å²) >= 11 is 0. The Balaban J connectivity index is 1.62. The minimum absolute atomic E-state index is 0.424. The second-order valence-electron chi connectivity index (χ2n) is 4.48. The van der Waals surface area contributed by atoms with Crippen molar-refractivity contribution in [3.8, 4) is 0 Å². The molecule has 4 heteroatoms. The molecule has 0 spiro atoms. The summed E-state index contributed by atoms with van der Waals surface area (Å²) in [4.78, 5) is 10.8. The lowest BCUT2D eigenvalue weighted by Gasteiger charge is -2.18. The molecule has 1 fully saturated rings. The quantitative estimate of drug-likeness (QED) is 0.892. The second-order valence-corrected chi connectivity index (χ2v) is 4.48. The van der Waals surface area contributed by atoms with Crippen molar-refractivity contribution in [2.75, 3.05) is 23.3 Å². The van der Waals surface area contributed by atoms with Crippen LogP contribution in [0.3, 0.4) is 0 Å². The fraction of sp³-hybridized carbons (Fsp3) is 0.286. The molecule has 2 aromatic rings. The van der Waals surface area contributed by atoms with E-state index in [0.29, 0.717) is 6.04 Å². The molecule has 0 saturated carbocycles. The van der Waals surface area contributed by atoms with Gasteiger partial charge in [0.25, 0.3) is 0 Å². The molecule has 0 radical (unpaired) electrons. The lowest BCUT2D eigenvalue weighted by Crippen LogP contribution is -2.26. The standard InChI is InChI=1S/C14H16N4/c1-2-5-13(6-3-1)18-10-7-12(11-18)17-14-15-8-4-9-16-14/h1-6,8-9,12H,7,10-11H2,(H,15,16,17). The summed E-state index contributed by atoms with van der Waals surface area (Å²) in [6, 6.07) is 12.8. The smallest absolute Gasteiger partial charge is 0.222 e. The third-order valence-corrected chi connectivity index (χ3v) is 3.21. The summed E-state index contributed by atoms with van der Waals surface area (Å²) in [5, 5.41) is 3.38. The summed E-state index contributed by atoms with van der Waals surface area (Å²) in [6.45, 7) is 2.08. The molecule has 2 heterocycles. The van der Waals surface area contributed by atoms with E-state index in [2.05, 4.69) is 44.5 Å². The molecular formula is C14H16N4. The second kappa shape index (κ2) is 5.04. The van der Waals surface area contributed by atoms with Crippen LogP contribution < -0.4 is 10.2 Å². The van der Waals surface area contributed by atoms with Crippen LogP contribution in [-0.2, 0) is 0 Å². The van der Waals surface area contributed by atoms with E-state index in [1.807, 2.05) is 12.1 Å². The Kier molecular flexibility index (Phi) is 3.08. The van der Waals surface area contributed by atoms with Gasteiger partial charge in [-0.2, -0.15) is 0 Å². The fourth-order valence-electron chi connectivity index (χ4n) is 2.31. The highest BCUT2D eigenvalue weighted by atomic mass is 15.2. The molecule has 1 saturated heterocycles. The summed E-state index contributed by atoms with van der Waals surface area (Å²) in [5.41, 5.74) is 1.29. The van der Waals surface area contributed by atoms with Gasteiger partial charge in [0.15, 0.2) is 0 Å². The zero-order chi connectivity index (χ0) is 12.2. The molecule has 1 aromatic carbocycles. The first-order valence-electron chi connectivity index (χ1n) is 6.25. The van der Waals surface area contributed by atoms with E-state index in [0.717, 1.165) is 25.5 Å². The first-order chi connectivity index (χ1) is 8.92. The molecule has 4 nitrogen and oxygen atoms in total. The molecule has 1 aliphatic rings. The number of aromatic nitrogens is 2. The largest absolute Gasteiger partial charge is 0.369 e. The van der Waals surface area contributed by atoms with E-state index in [1.54, 1.807) is 12.4 Å². The van der Waals surface area contributed by atoms with Crippen molar-refractivity contribution >= 4 is 11.6 Å². The molecule has 1 atom stereocenters. The topological polar surface area (TPSA) is 41.0 Å². The minimum atomic E-state index is 0.424. The van der Waals surface area contributed by atoms with Crippen LogP contribution >= 0.6 is 0 Å². The maximum atomic E-state index is 4.20. The van der Waals surface area contributed by atoms with Gasteiger partial charge in [0.2, 0.25) is 5.95 Å². The zero-order valence-electron chi connectivity index (χ0n) is 10.2. The average Bonchev–Trinajstić information content (AvgIpc) is 2.89. The third kappa shape index (κ3) is 2.42. The number of hydrogen-bond acceptors (Lipinski definition) is 4. The number of nitrogens with zero attached hydrogens (tertiary/aromatic N) is 3. The van der Waals surface area contributed by atoms with Gasteiger partial charge in [-0.3, -0.25) is 0 Å². The molecule has 1 aliphatic heterocycles. The van der Waals surface area contributed by atoms with E-state index in [4.69, 9.17) is 0 Å². The Bertz CT molecular complexity index is 486. The van der Waals surface area contributed by atoms with E-state index in [1.165, 1.54) is 5.69 Å². The Labute approximate surface area is 107 Å². The maximum Gasteiger partial charge on any atom is 0.222 e. The SMILES string of the molecule is c1ccc(N2CCC(Nc3ncccn3)C2)cc1. The lowest BCUT2D eigenvalue weighted by molar-refractivity contribution is 0.792. The van der Waals surface area contributed by atoms with Crippen molar-refractivity contribution in [2.24, 2.45) is 0 Å². The Morgan fingerprint density at radius 2 is 1.83 bits per heavy atom. The van der Waals surface area contributed by atoms with Gasteiger partial charge < -0.3 is 10.2 Å². The van der Waals surface area contributed by atoms with Crippen molar-refractivity contribution in [3.05, 3.63) is 48.8 Å². The number of para-hydroxylation sites is 1. The summed E-state index contributed by atoms with van der Waals surface area (Å²) in [7, 11) is 0. The number of nitrogens with one attached hydrogen (secondary N) is 1. The van der Waals surface area contributed by atoms with Crippen LogP contribution in [0, 0.1) is 0 Å². The highest BCUT2D eigenvalue weighted by Crippen LogP contribution is 2.20. The summed E-state index contributed by atoms with van der Waals surface area (Å²) in [6.07, 6.45) is 4.64. The van der Waals surface area contributed by atoms with Gasteiger partial charge in [-0.25, -0.2) is 9.97 Å². The monoisotopic (exact) mass is 240 g/mol. The van der Waals surface area contributed by atoms with E-state index in [9.17, 15) is 0 Å². The van der Waals surface area contributed by atoms with Crippen LogP contribution in [0.1, 0.15) is 6.42 Å². The number of rotatable bonds is 3. The molecule has 3 rings (SSSR count). The van der Waals surface area contributed by atoms with Crippen LogP contribution in [0.4, 0.5) is 11.6 Å². The van der Waals surface area contributed by atoms with Crippen LogP contribution in [0.25, 0.3) is 0 Å². The van der Waals surface area contributed by atoms with Crippen molar-refractivity contribution in [1.82, 2.24) is 9.97 Å². The van der Waals surface area contributed by atoms with Gasteiger partial charge in [0.05, 0.1) is 0 Å². The van der Waals surface area contributed by atoms with Crippen molar-refractivity contribution < 1.29 is 0 Å². The molecule has 18 heavy (non-hydrogen) atoms. The molecule has 1 N–H and O–H groups in total. The van der Waals surface area contributed by atoms with E-state index in [-0.39, 0.29) is 0 Å². The average molecular weight is 240 g/mol. The first kappa shape index (κ1) is 11.0. The van der Waals surface area contributed by atoms with Crippen molar-refractivity contribution in [1.29, 1.82) is 0 Å². The highest BCUT2D eigenvalue weighted by Gasteiger charge is 2.22. The molecule has 1 aromatic heterocycles. The van der Waals surface area contributed by atoms with Gasteiger partial charge in [-0.1, -0.05) is 18.2 Å². The van der Waals surface area contributed by atoms with Crippen molar-refractivity contribution in [3.63, 3.8) is 0 Å². The third-order valence-electron chi connectivity index (χ3n) is 3.21. The van der Waals surface area contributed by atoms with Gasteiger partial charge in [-0.05, 0) is 24.6 Å². The fourth-order valence-corrected chi connectivity index (χ4v) is 2.31. The number of benzene rings is 1. The molecule has 0 amide bonds. The van der Waals surface area contributed by atoms with Gasteiger partial charge in [0, 0.05) is 37.2 Å². The van der Waals surface area contributed by atoms with Gasteiger partial charge in [0.1, 0.15) is 0 Å². The molecule has 0 aliphatic carbocycles. The van der Waals surface area contributed by atoms with Crippen LogP contribution in [0.15, 0.2) is 48.8 Å². The summed E-state index contributed by atoms with van der Waals surface area (Å²) < 4.78 is 0. The predicted octanol–water partition coefficient (Wildman–Crippen LogP) is 2.17. The normalized spacial score (nSPS) is 18.9. The molecule has 0 bridgehead atoms. The van der Waals surface area contributed by atoms with E-state index >= 15 is 0 Å².